The van der Waals surface area contributed by atoms with Gasteiger partial charge >= 0.3 is 0 Å². The Morgan fingerprint density at radius 2 is 1.88 bits per heavy atom. The number of nitrogens with two attached hydrogens (primary N) is 1. The Morgan fingerprint density at radius 1 is 1.12 bits per heavy atom. The zero-order valence-corrected chi connectivity index (χ0v) is 22.7. The molecule has 3 aromatic rings. The first-order valence-electron chi connectivity index (χ1n) is 12.9. The maximum Gasteiger partial charge on any atom is 0.252 e. The first kappa shape index (κ1) is 27.6. The van der Waals surface area contributed by atoms with E-state index >= 15 is 4.39 Å². The van der Waals surface area contributed by atoms with Crippen LogP contribution in [0.3, 0.4) is 0 Å². The second-order valence-electron chi connectivity index (χ2n) is 10.2. The van der Waals surface area contributed by atoms with Crippen LogP contribution in [0.5, 0.6) is 11.5 Å². The van der Waals surface area contributed by atoms with E-state index in [1.807, 2.05) is 24.3 Å². The molecule has 2 atom stereocenters. The number of carbonyl (C=O) groups is 2. The maximum atomic E-state index is 15.1. The quantitative estimate of drug-likeness (QED) is 0.389. The molecule has 1 saturated carbocycles. The smallest absolute Gasteiger partial charge is 0.252 e. The fourth-order valence-corrected chi connectivity index (χ4v) is 5.07. The number of halogens is 1. The van der Waals surface area contributed by atoms with Crippen molar-refractivity contribution in [2.75, 3.05) is 19.3 Å². The topological polar surface area (TPSA) is 147 Å². The molecule has 13 heteroatoms. The molecule has 1 unspecified atom stereocenters. The van der Waals surface area contributed by atoms with Crippen LogP contribution in [-0.4, -0.2) is 77.6 Å². The number of carbonyl (C=O) groups excluding carboxylic acids is 2. The van der Waals surface area contributed by atoms with Gasteiger partial charge in [0.2, 0.25) is 5.91 Å². The van der Waals surface area contributed by atoms with Crippen LogP contribution in [0, 0.1) is 0 Å². The summed E-state index contributed by atoms with van der Waals surface area (Å²) in [5.41, 5.74) is 7.18. The van der Waals surface area contributed by atoms with Crippen LogP contribution in [-0.2, 0) is 26.9 Å². The zero-order chi connectivity index (χ0) is 28.4. The van der Waals surface area contributed by atoms with E-state index in [1.54, 1.807) is 0 Å². The van der Waals surface area contributed by atoms with Crippen LogP contribution < -0.4 is 15.2 Å². The summed E-state index contributed by atoms with van der Waals surface area (Å²) >= 11 is 0. The van der Waals surface area contributed by atoms with Crippen molar-refractivity contribution in [3.05, 3.63) is 60.0 Å². The third kappa shape index (κ3) is 6.95. The number of hydrogen-bond donors (Lipinski definition) is 1. The van der Waals surface area contributed by atoms with Crippen molar-refractivity contribution < 1.29 is 31.9 Å². The molecule has 0 spiro atoms. The SMILES string of the molecule is CS(=O)(=O)Cn1cc(-c2cc(C(N)=O)c(O[C@H]3CCN(C(=O)Cc4ccc(OC5CC5)cc4)CC3F)cn2)cn1. The molecule has 40 heavy (non-hydrogen) atoms. The molecule has 11 nitrogen and oxygen atoms in total. The van der Waals surface area contributed by atoms with Gasteiger partial charge in [0.15, 0.2) is 21.8 Å². The molecule has 2 aliphatic rings. The lowest BCUT2D eigenvalue weighted by Gasteiger charge is -2.35. The number of likely N-dealkylation sites (tertiary alicyclic amines) is 1. The number of nitrogens with zero attached hydrogens (tertiary/aromatic N) is 4. The van der Waals surface area contributed by atoms with Gasteiger partial charge in [0, 0.05) is 31.0 Å². The number of benzene rings is 1. The molecule has 1 saturated heterocycles. The first-order chi connectivity index (χ1) is 19.0. The molecule has 5 rings (SSSR count). The van der Waals surface area contributed by atoms with Gasteiger partial charge in [0.05, 0.1) is 42.7 Å². The molecular formula is C27H30FN5O6S. The summed E-state index contributed by atoms with van der Waals surface area (Å²) in [6, 6.07) is 8.77. The highest BCUT2D eigenvalue weighted by molar-refractivity contribution is 7.89. The maximum absolute atomic E-state index is 15.1. The van der Waals surface area contributed by atoms with E-state index in [9.17, 15) is 18.0 Å². The predicted molar refractivity (Wildman–Crippen MR) is 143 cm³/mol. The number of ether oxygens (including phenoxy) is 2. The van der Waals surface area contributed by atoms with Crippen LogP contribution in [0.4, 0.5) is 4.39 Å². The molecule has 1 aromatic carbocycles. The van der Waals surface area contributed by atoms with E-state index in [0.29, 0.717) is 23.9 Å². The Kier molecular flexibility index (Phi) is 7.74. The number of piperidine rings is 1. The van der Waals surface area contributed by atoms with Crippen molar-refractivity contribution >= 4 is 21.7 Å². The number of pyridine rings is 1. The lowest BCUT2D eigenvalue weighted by atomic mass is 10.0. The van der Waals surface area contributed by atoms with E-state index < -0.39 is 28.0 Å². The number of sulfone groups is 1. The molecule has 0 bridgehead atoms. The average molecular weight is 572 g/mol. The molecule has 1 aliphatic carbocycles. The van der Waals surface area contributed by atoms with Crippen LogP contribution in [0.1, 0.15) is 35.2 Å². The summed E-state index contributed by atoms with van der Waals surface area (Å²) in [4.78, 5) is 30.7. The highest BCUT2D eigenvalue weighted by atomic mass is 32.2. The number of amides is 2. The molecule has 2 fully saturated rings. The van der Waals surface area contributed by atoms with Crippen LogP contribution in [0.25, 0.3) is 11.3 Å². The highest BCUT2D eigenvalue weighted by Gasteiger charge is 2.34. The monoisotopic (exact) mass is 571 g/mol. The van der Waals surface area contributed by atoms with Gasteiger partial charge in [-0.15, -0.1) is 0 Å². The third-order valence-corrected chi connectivity index (χ3v) is 7.38. The third-order valence-electron chi connectivity index (χ3n) is 6.65. The summed E-state index contributed by atoms with van der Waals surface area (Å²) in [7, 11) is -3.30. The van der Waals surface area contributed by atoms with Gasteiger partial charge < -0.3 is 20.1 Å². The van der Waals surface area contributed by atoms with Crippen molar-refractivity contribution in [3.8, 4) is 22.8 Å². The van der Waals surface area contributed by atoms with Gasteiger partial charge in [-0.1, -0.05) is 12.1 Å². The summed E-state index contributed by atoms with van der Waals surface area (Å²) in [5, 5.41) is 4.00. The molecule has 2 amide bonds. The van der Waals surface area contributed by atoms with Gasteiger partial charge in [0.1, 0.15) is 17.7 Å². The average Bonchev–Trinajstić information content (AvgIpc) is 3.60. The first-order valence-corrected chi connectivity index (χ1v) is 14.9. The summed E-state index contributed by atoms with van der Waals surface area (Å²) in [5.74, 6) is -0.477. The Morgan fingerprint density at radius 3 is 2.52 bits per heavy atom. The number of hydrogen-bond acceptors (Lipinski definition) is 8. The van der Waals surface area contributed by atoms with Gasteiger partial charge in [0.25, 0.3) is 5.91 Å². The minimum atomic E-state index is -3.30. The lowest BCUT2D eigenvalue weighted by molar-refractivity contribution is -0.134. The van der Waals surface area contributed by atoms with Crippen molar-refractivity contribution in [1.82, 2.24) is 19.7 Å². The minimum absolute atomic E-state index is 0.000631. The largest absolute Gasteiger partial charge is 0.490 e. The van der Waals surface area contributed by atoms with Crippen LogP contribution in [0.2, 0.25) is 0 Å². The number of primary amides is 1. The second-order valence-corrected chi connectivity index (χ2v) is 12.3. The van der Waals surface area contributed by atoms with Crippen molar-refractivity contribution in [3.63, 3.8) is 0 Å². The van der Waals surface area contributed by atoms with Gasteiger partial charge in [-0.05, 0) is 36.6 Å². The fraction of sp³-hybridized carbons (Fsp3) is 0.407. The predicted octanol–water partition coefficient (Wildman–Crippen LogP) is 2.15. The Labute approximate surface area is 231 Å². The fourth-order valence-electron chi connectivity index (χ4n) is 4.45. The van der Waals surface area contributed by atoms with E-state index in [1.165, 1.54) is 34.2 Å². The Balaban J connectivity index is 1.20. The Bertz CT molecular complexity index is 1510. The lowest BCUT2D eigenvalue weighted by Crippen LogP contribution is -2.49. The normalized spacial score (nSPS) is 19.3. The van der Waals surface area contributed by atoms with Crippen molar-refractivity contribution in [2.45, 2.75) is 49.9 Å². The number of alkyl halides is 1. The van der Waals surface area contributed by atoms with Crippen LogP contribution >= 0.6 is 0 Å². The summed E-state index contributed by atoms with van der Waals surface area (Å²) in [6.45, 7) is 0.160. The van der Waals surface area contributed by atoms with Crippen molar-refractivity contribution in [2.24, 2.45) is 5.73 Å². The number of aromatic nitrogens is 3. The standard InChI is InChI=1S/C27H30FN5O6S/c1-40(36,37)16-33-14-18(12-31-33)23-11-21(27(29)35)25(13-30-23)39-24-8-9-32(15-22(24)28)26(34)10-17-2-4-19(5-3-17)38-20-6-7-20/h2-5,11-14,20,22,24H,6-10,15-16H2,1H3,(H2,29,35)/t22?,24-/m0/s1. The second kappa shape index (κ2) is 11.2. The molecule has 2 aromatic heterocycles. The summed E-state index contributed by atoms with van der Waals surface area (Å²) < 4.78 is 51.0. The molecule has 0 radical (unpaired) electrons. The minimum Gasteiger partial charge on any atom is -0.490 e. The van der Waals surface area contributed by atoms with E-state index in [4.69, 9.17) is 15.2 Å². The highest BCUT2D eigenvalue weighted by Crippen LogP contribution is 2.29. The molecule has 1 aliphatic heterocycles. The van der Waals surface area contributed by atoms with E-state index in [2.05, 4.69) is 10.1 Å². The summed E-state index contributed by atoms with van der Waals surface area (Å²) in [6.07, 6.45) is 5.69. The van der Waals surface area contributed by atoms with Gasteiger partial charge in [-0.3, -0.25) is 19.3 Å². The molecular weight excluding hydrogens is 541 g/mol. The van der Waals surface area contributed by atoms with Gasteiger partial charge in [-0.2, -0.15) is 5.10 Å². The number of rotatable bonds is 10. The van der Waals surface area contributed by atoms with Crippen molar-refractivity contribution in [1.29, 1.82) is 0 Å². The van der Waals surface area contributed by atoms with E-state index in [-0.39, 0.29) is 42.5 Å². The zero-order valence-electron chi connectivity index (χ0n) is 21.9. The van der Waals surface area contributed by atoms with Crippen LogP contribution in [0.15, 0.2) is 48.9 Å². The Hall–Kier alpha value is -4.00. The molecule has 2 N–H and O–H groups in total. The molecule has 3 heterocycles. The molecule has 212 valence electrons. The van der Waals surface area contributed by atoms with Gasteiger partial charge in [-0.25, -0.2) is 12.8 Å². The van der Waals surface area contributed by atoms with E-state index in [0.717, 1.165) is 30.4 Å².